The van der Waals surface area contributed by atoms with Crippen molar-refractivity contribution in [1.82, 2.24) is 5.32 Å². The predicted molar refractivity (Wildman–Crippen MR) is 120 cm³/mol. The summed E-state index contributed by atoms with van der Waals surface area (Å²) in [6.45, 7) is 2.43. The molecule has 0 bridgehead atoms. The molecule has 1 aliphatic rings. The third-order valence-corrected chi connectivity index (χ3v) is 9.79. The van der Waals surface area contributed by atoms with Crippen molar-refractivity contribution in [3.05, 3.63) is 53.6 Å². The van der Waals surface area contributed by atoms with E-state index in [0.717, 1.165) is 17.5 Å². The van der Waals surface area contributed by atoms with Gasteiger partial charge < -0.3 is 14.8 Å². The van der Waals surface area contributed by atoms with Gasteiger partial charge in [0.15, 0.2) is 31.2 Å². The number of hydrogen-bond acceptors (Lipinski definition) is 7. The maximum Gasteiger partial charge on any atom is 0.183 e. The first-order valence-electron chi connectivity index (χ1n) is 10.2. The van der Waals surface area contributed by atoms with Gasteiger partial charge in [-0.05, 0) is 54.8 Å². The lowest BCUT2D eigenvalue weighted by molar-refractivity contribution is 0.354. The molecule has 1 saturated heterocycles. The molecule has 0 amide bonds. The van der Waals surface area contributed by atoms with Crippen molar-refractivity contribution in [2.24, 2.45) is 0 Å². The van der Waals surface area contributed by atoms with Gasteiger partial charge in [-0.2, -0.15) is 0 Å². The van der Waals surface area contributed by atoms with E-state index in [4.69, 9.17) is 9.47 Å². The molecule has 0 spiro atoms. The lowest BCUT2D eigenvalue weighted by Gasteiger charge is -2.20. The second kappa shape index (κ2) is 9.58. The molecule has 2 aromatic rings. The fraction of sp³-hybridized carbons (Fsp3) is 0.455. The number of hydrogen-bond donors (Lipinski definition) is 1. The van der Waals surface area contributed by atoms with E-state index < -0.39 is 31.0 Å². The highest BCUT2D eigenvalue weighted by atomic mass is 32.2. The van der Waals surface area contributed by atoms with Crippen LogP contribution in [0.4, 0.5) is 0 Å². The Labute approximate surface area is 184 Å². The molecule has 0 aliphatic carbocycles. The van der Waals surface area contributed by atoms with Gasteiger partial charge in [-0.25, -0.2) is 16.8 Å². The number of rotatable bonds is 9. The molecule has 0 saturated carbocycles. The second-order valence-electron chi connectivity index (χ2n) is 7.66. The first-order valence-corrected chi connectivity index (χ1v) is 13.5. The molecule has 170 valence electrons. The Morgan fingerprint density at radius 2 is 1.61 bits per heavy atom. The van der Waals surface area contributed by atoms with Crippen molar-refractivity contribution in [2.75, 3.05) is 32.3 Å². The van der Waals surface area contributed by atoms with Crippen LogP contribution in [0.15, 0.2) is 47.4 Å². The van der Waals surface area contributed by atoms with Crippen LogP contribution in [0.3, 0.4) is 0 Å². The van der Waals surface area contributed by atoms with E-state index in [1.165, 1.54) is 0 Å². The Bertz CT molecular complexity index is 1110. The third-order valence-electron chi connectivity index (χ3n) is 5.63. The van der Waals surface area contributed by atoms with Crippen LogP contribution < -0.4 is 14.8 Å². The van der Waals surface area contributed by atoms with Gasteiger partial charge in [0.2, 0.25) is 0 Å². The predicted octanol–water partition coefficient (Wildman–Crippen LogP) is 2.04. The highest BCUT2D eigenvalue weighted by molar-refractivity contribution is 7.96. The monoisotopic (exact) mass is 467 g/mol. The van der Waals surface area contributed by atoms with Crippen LogP contribution in [0.25, 0.3) is 0 Å². The van der Waals surface area contributed by atoms with E-state index in [2.05, 4.69) is 5.32 Å². The van der Waals surface area contributed by atoms with Gasteiger partial charge in [0.05, 0.1) is 35.9 Å². The SMILES string of the molecule is CCc1ccc(S(=O)(=O)[C@H]2CS(=O)(=O)C[C@@H]2NCCc2ccc(OC)c(OC)c2)cc1. The zero-order chi connectivity index (χ0) is 22.6. The highest BCUT2D eigenvalue weighted by Gasteiger charge is 2.45. The van der Waals surface area contributed by atoms with Crippen LogP contribution in [0.1, 0.15) is 18.1 Å². The molecule has 3 rings (SSSR count). The Balaban J connectivity index is 1.73. The van der Waals surface area contributed by atoms with Gasteiger partial charge in [0.25, 0.3) is 0 Å². The third kappa shape index (κ3) is 5.39. The van der Waals surface area contributed by atoms with E-state index in [1.54, 1.807) is 44.6 Å². The Hall–Kier alpha value is -2.10. The van der Waals surface area contributed by atoms with E-state index in [9.17, 15) is 16.8 Å². The standard InChI is InChI=1S/C22H29NO6S2/c1-4-16-5-8-18(9-6-16)31(26,27)22-15-30(24,25)14-19(22)23-12-11-17-7-10-20(28-2)21(13-17)29-3/h5-10,13,19,22-23H,4,11-12,14-15H2,1-3H3/t19-,22-/m0/s1. The minimum Gasteiger partial charge on any atom is -0.493 e. The molecule has 2 aromatic carbocycles. The minimum absolute atomic E-state index is 0.165. The minimum atomic E-state index is -3.78. The van der Waals surface area contributed by atoms with Gasteiger partial charge in [0.1, 0.15) is 0 Å². The average Bonchev–Trinajstić information content (AvgIpc) is 3.08. The second-order valence-corrected chi connectivity index (χ2v) is 12.0. The maximum absolute atomic E-state index is 13.2. The van der Waals surface area contributed by atoms with Gasteiger partial charge in [-0.3, -0.25) is 0 Å². The van der Waals surface area contributed by atoms with E-state index >= 15 is 0 Å². The van der Waals surface area contributed by atoms with Crippen molar-refractivity contribution in [1.29, 1.82) is 0 Å². The van der Waals surface area contributed by atoms with Gasteiger partial charge >= 0.3 is 0 Å². The van der Waals surface area contributed by atoms with Crippen molar-refractivity contribution in [3.8, 4) is 11.5 Å². The van der Waals surface area contributed by atoms with Crippen LogP contribution >= 0.6 is 0 Å². The van der Waals surface area contributed by atoms with E-state index in [1.807, 2.05) is 19.1 Å². The number of aryl methyl sites for hydroxylation is 1. The van der Waals surface area contributed by atoms with Crippen LogP contribution in [-0.2, 0) is 32.5 Å². The molecule has 0 aromatic heterocycles. The molecule has 1 N–H and O–H groups in total. The van der Waals surface area contributed by atoms with Crippen molar-refractivity contribution in [3.63, 3.8) is 0 Å². The van der Waals surface area contributed by atoms with Gasteiger partial charge in [0, 0.05) is 6.04 Å². The van der Waals surface area contributed by atoms with E-state index in [-0.39, 0.29) is 16.4 Å². The Morgan fingerprint density at radius 3 is 2.23 bits per heavy atom. The topological polar surface area (TPSA) is 98.8 Å². The van der Waals surface area contributed by atoms with Crippen LogP contribution in [0.2, 0.25) is 0 Å². The smallest absolute Gasteiger partial charge is 0.183 e. The molecular weight excluding hydrogens is 438 g/mol. The molecule has 7 nitrogen and oxygen atoms in total. The maximum atomic E-state index is 13.2. The summed E-state index contributed by atoms with van der Waals surface area (Å²) in [5.41, 5.74) is 2.00. The summed E-state index contributed by atoms with van der Waals surface area (Å²) < 4.78 is 61.5. The first kappa shape index (κ1) is 23.6. The number of methoxy groups -OCH3 is 2. The number of sulfone groups is 2. The quantitative estimate of drug-likeness (QED) is 0.602. The molecule has 31 heavy (non-hydrogen) atoms. The average molecular weight is 468 g/mol. The highest BCUT2D eigenvalue weighted by Crippen LogP contribution is 2.28. The van der Waals surface area contributed by atoms with E-state index in [0.29, 0.717) is 24.5 Å². The lowest BCUT2D eigenvalue weighted by atomic mass is 10.1. The molecule has 1 heterocycles. The summed E-state index contributed by atoms with van der Waals surface area (Å²) in [5, 5.41) is 2.17. The van der Waals surface area contributed by atoms with Crippen LogP contribution in [0.5, 0.6) is 11.5 Å². The summed E-state index contributed by atoms with van der Waals surface area (Å²) in [6.07, 6.45) is 1.40. The van der Waals surface area contributed by atoms with Crippen molar-refractivity contribution >= 4 is 19.7 Å². The summed E-state index contributed by atoms with van der Waals surface area (Å²) in [7, 11) is -4.09. The fourth-order valence-electron chi connectivity index (χ4n) is 3.84. The van der Waals surface area contributed by atoms with Crippen LogP contribution in [0, 0.1) is 0 Å². The largest absolute Gasteiger partial charge is 0.493 e. The molecule has 1 aliphatic heterocycles. The van der Waals surface area contributed by atoms with Crippen molar-refractivity contribution in [2.45, 2.75) is 36.0 Å². The Morgan fingerprint density at radius 1 is 0.968 bits per heavy atom. The van der Waals surface area contributed by atoms with Gasteiger partial charge in [-0.15, -0.1) is 0 Å². The van der Waals surface area contributed by atoms with Crippen LogP contribution in [-0.4, -0.2) is 60.4 Å². The summed E-state index contributed by atoms with van der Waals surface area (Å²) >= 11 is 0. The molecule has 1 fully saturated rings. The number of nitrogens with one attached hydrogen (secondary N) is 1. The summed E-state index contributed by atoms with van der Waals surface area (Å²) in [5.74, 6) is 0.690. The summed E-state index contributed by atoms with van der Waals surface area (Å²) in [4.78, 5) is 0.165. The Kier molecular flexibility index (Phi) is 7.28. The zero-order valence-corrected chi connectivity index (χ0v) is 19.6. The normalized spacial score (nSPS) is 20.5. The summed E-state index contributed by atoms with van der Waals surface area (Å²) in [6, 6.07) is 11.6. The lowest BCUT2D eigenvalue weighted by Crippen LogP contribution is -2.44. The fourth-order valence-corrected chi connectivity index (χ4v) is 8.56. The molecule has 2 atom stereocenters. The molecule has 9 heteroatoms. The van der Waals surface area contributed by atoms with Crippen molar-refractivity contribution < 1.29 is 26.3 Å². The number of ether oxygens (including phenoxy) is 2. The number of benzene rings is 2. The first-order chi connectivity index (χ1) is 14.7. The van der Waals surface area contributed by atoms with Gasteiger partial charge in [-0.1, -0.05) is 25.1 Å². The molecule has 0 radical (unpaired) electrons. The zero-order valence-electron chi connectivity index (χ0n) is 18.0. The molecular formula is C22H29NO6S2. The molecule has 0 unspecified atom stereocenters.